The van der Waals surface area contributed by atoms with Gasteiger partial charge < -0.3 is 9.64 Å². The fraction of sp³-hybridized carbons (Fsp3) is 0.333. The number of rotatable bonds is 9. The number of carbonyl (C=O) groups excluding carboxylic acids is 2. The summed E-state index contributed by atoms with van der Waals surface area (Å²) in [5, 5.41) is 0. The number of hydrogen-bond acceptors (Lipinski definition) is 5. The Morgan fingerprint density at radius 2 is 1.66 bits per heavy atom. The fourth-order valence-electron chi connectivity index (χ4n) is 2.68. The Bertz CT molecular complexity index is 925. The third-order valence-corrected chi connectivity index (χ3v) is 5.76. The van der Waals surface area contributed by atoms with Crippen LogP contribution in [-0.2, 0) is 26.1 Å². The zero-order valence-electron chi connectivity index (χ0n) is 16.8. The average Bonchev–Trinajstić information content (AvgIpc) is 2.70. The van der Waals surface area contributed by atoms with E-state index < -0.39 is 16.0 Å². The number of benzene rings is 2. The lowest BCUT2D eigenvalue weighted by atomic mass is 10.2. The van der Waals surface area contributed by atoms with Crippen LogP contribution in [0.3, 0.4) is 0 Å². The van der Waals surface area contributed by atoms with Crippen molar-refractivity contribution in [1.29, 1.82) is 0 Å². The van der Waals surface area contributed by atoms with Gasteiger partial charge in [-0.25, -0.2) is 17.9 Å². The Morgan fingerprint density at radius 3 is 2.21 bits per heavy atom. The number of nitrogens with one attached hydrogen (secondary N) is 1. The molecule has 7 nitrogen and oxygen atoms in total. The highest BCUT2D eigenvalue weighted by Gasteiger charge is 2.20. The molecule has 0 saturated heterocycles. The van der Waals surface area contributed by atoms with Gasteiger partial charge in [0.05, 0.1) is 10.5 Å². The second kappa shape index (κ2) is 10.2. The number of esters is 1. The van der Waals surface area contributed by atoms with Gasteiger partial charge in [-0.3, -0.25) is 4.79 Å². The lowest BCUT2D eigenvalue weighted by Gasteiger charge is -2.26. The molecule has 0 aromatic heterocycles. The van der Waals surface area contributed by atoms with Crippen LogP contribution >= 0.6 is 0 Å². The van der Waals surface area contributed by atoms with Crippen LogP contribution in [-0.4, -0.2) is 44.4 Å². The molecule has 0 radical (unpaired) electrons. The third kappa shape index (κ3) is 6.40. The maximum atomic E-state index is 12.5. The highest BCUT2D eigenvalue weighted by molar-refractivity contribution is 7.89. The van der Waals surface area contributed by atoms with Crippen molar-refractivity contribution in [3.63, 3.8) is 0 Å². The predicted molar refractivity (Wildman–Crippen MR) is 110 cm³/mol. The minimum absolute atomic E-state index is 0.0563. The van der Waals surface area contributed by atoms with Crippen molar-refractivity contribution < 1.29 is 22.7 Å². The lowest BCUT2D eigenvalue weighted by molar-refractivity contribution is -0.136. The molecule has 0 heterocycles. The predicted octanol–water partition coefficient (Wildman–Crippen LogP) is 2.58. The largest absolute Gasteiger partial charge is 0.452 e. The van der Waals surface area contributed by atoms with Gasteiger partial charge in [0.2, 0.25) is 10.0 Å². The monoisotopic (exact) mass is 418 g/mol. The quantitative estimate of drug-likeness (QED) is 0.632. The molecule has 0 unspecified atom stereocenters. The molecule has 0 aliphatic heterocycles. The summed E-state index contributed by atoms with van der Waals surface area (Å²) in [5.74, 6) is -0.988. The van der Waals surface area contributed by atoms with E-state index in [1.54, 1.807) is 11.8 Å². The van der Waals surface area contributed by atoms with E-state index in [0.717, 1.165) is 5.56 Å². The van der Waals surface area contributed by atoms with E-state index in [4.69, 9.17) is 4.74 Å². The van der Waals surface area contributed by atoms with Gasteiger partial charge in [-0.15, -0.1) is 0 Å². The molecule has 1 amide bonds. The maximum absolute atomic E-state index is 12.5. The second-order valence-electron chi connectivity index (χ2n) is 6.70. The lowest BCUT2D eigenvalue weighted by Crippen LogP contribution is -2.39. The Labute approximate surface area is 171 Å². The number of sulfonamides is 1. The molecule has 0 saturated carbocycles. The van der Waals surface area contributed by atoms with E-state index in [1.807, 2.05) is 44.2 Å². The first-order valence-corrected chi connectivity index (χ1v) is 10.8. The number of nitrogens with zero attached hydrogens (tertiary/aromatic N) is 1. The van der Waals surface area contributed by atoms with E-state index in [9.17, 15) is 18.0 Å². The van der Waals surface area contributed by atoms with Crippen LogP contribution in [0.5, 0.6) is 0 Å². The van der Waals surface area contributed by atoms with Crippen LogP contribution in [0.4, 0.5) is 0 Å². The van der Waals surface area contributed by atoms with Crippen molar-refractivity contribution in [2.45, 2.75) is 38.3 Å². The van der Waals surface area contributed by atoms with Gasteiger partial charge in [-0.2, -0.15) is 0 Å². The van der Waals surface area contributed by atoms with Gasteiger partial charge in [-0.1, -0.05) is 37.3 Å². The first kappa shape index (κ1) is 22.6. The van der Waals surface area contributed by atoms with Gasteiger partial charge in [0.1, 0.15) is 0 Å². The second-order valence-corrected chi connectivity index (χ2v) is 8.47. The van der Waals surface area contributed by atoms with Gasteiger partial charge in [0.15, 0.2) is 6.61 Å². The summed E-state index contributed by atoms with van der Waals surface area (Å²) < 4.78 is 31.4. The standard InChI is InChI=1S/C21H26N2O5S/c1-4-22-29(26,27)19-12-10-18(11-13-19)21(25)28-15-20(24)23(16(2)3)14-17-8-6-5-7-9-17/h5-13,16,22H,4,14-15H2,1-3H3. The Morgan fingerprint density at radius 1 is 1.03 bits per heavy atom. The van der Waals surface area contributed by atoms with Gasteiger partial charge in [0, 0.05) is 19.1 Å². The first-order valence-electron chi connectivity index (χ1n) is 9.35. The summed E-state index contributed by atoms with van der Waals surface area (Å²) in [6.45, 7) is 5.77. The van der Waals surface area contributed by atoms with E-state index >= 15 is 0 Å². The van der Waals surface area contributed by atoms with Crippen LogP contribution in [0.25, 0.3) is 0 Å². The molecule has 2 aromatic rings. The SMILES string of the molecule is CCNS(=O)(=O)c1ccc(C(=O)OCC(=O)N(Cc2ccccc2)C(C)C)cc1. The van der Waals surface area contributed by atoms with Crippen molar-refractivity contribution in [3.05, 3.63) is 65.7 Å². The Balaban J connectivity index is 1.98. The molecule has 2 rings (SSSR count). The number of ether oxygens (including phenoxy) is 1. The average molecular weight is 419 g/mol. The van der Waals surface area contributed by atoms with Crippen LogP contribution in [0.2, 0.25) is 0 Å². The minimum Gasteiger partial charge on any atom is -0.452 e. The van der Waals surface area contributed by atoms with Crippen molar-refractivity contribution in [2.75, 3.05) is 13.2 Å². The van der Waals surface area contributed by atoms with Crippen LogP contribution < -0.4 is 4.72 Å². The van der Waals surface area contributed by atoms with Crippen molar-refractivity contribution in [2.24, 2.45) is 0 Å². The molecular weight excluding hydrogens is 392 g/mol. The highest BCUT2D eigenvalue weighted by Crippen LogP contribution is 2.12. The maximum Gasteiger partial charge on any atom is 0.338 e. The molecule has 0 bridgehead atoms. The molecule has 0 aliphatic carbocycles. The molecule has 29 heavy (non-hydrogen) atoms. The van der Waals surface area contributed by atoms with E-state index in [1.165, 1.54) is 24.3 Å². The third-order valence-electron chi connectivity index (χ3n) is 4.20. The van der Waals surface area contributed by atoms with Crippen LogP contribution in [0.15, 0.2) is 59.5 Å². The molecule has 1 N–H and O–H groups in total. The Hall–Kier alpha value is -2.71. The summed E-state index contributed by atoms with van der Waals surface area (Å²) in [4.78, 5) is 26.5. The smallest absolute Gasteiger partial charge is 0.338 e. The number of carbonyl (C=O) groups is 2. The summed E-state index contributed by atoms with van der Waals surface area (Å²) in [6, 6.07) is 14.9. The highest BCUT2D eigenvalue weighted by atomic mass is 32.2. The van der Waals surface area contributed by atoms with Gasteiger partial charge >= 0.3 is 5.97 Å². The van der Waals surface area contributed by atoms with Crippen LogP contribution in [0, 0.1) is 0 Å². The number of amides is 1. The molecule has 156 valence electrons. The summed E-state index contributed by atoms with van der Waals surface area (Å²) >= 11 is 0. The summed E-state index contributed by atoms with van der Waals surface area (Å²) in [7, 11) is -3.59. The fourth-order valence-corrected chi connectivity index (χ4v) is 3.72. The number of hydrogen-bond donors (Lipinski definition) is 1. The van der Waals surface area contributed by atoms with Gasteiger partial charge in [0.25, 0.3) is 5.91 Å². The zero-order chi connectivity index (χ0) is 21.4. The molecule has 0 fully saturated rings. The molecular formula is C21H26N2O5S. The van der Waals surface area contributed by atoms with Crippen molar-refractivity contribution in [1.82, 2.24) is 9.62 Å². The minimum atomic E-state index is -3.59. The van der Waals surface area contributed by atoms with Crippen LogP contribution in [0.1, 0.15) is 36.7 Å². The molecule has 8 heteroatoms. The van der Waals surface area contributed by atoms with E-state index in [-0.39, 0.29) is 35.6 Å². The zero-order valence-corrected chi connectivity index (χ0v) is 17.6. The summed E-state index contributed by atoms with van der Waals surface area (Å²) in [5.41, 5.74) is 1.16. The van der Waals surface area contributed by atoms with E-state index in [0.29, 0.717) is 6.54 Å². The summed E-state index contributed by atoms with van der Waals surface area (Å²) in [6.07, 6.45) is 0. The molecule has 0 aliphatic rings. The Kier molecular flexibility index (Phi) is 7.92. The first-order chi connectivity index (χ1) is 13.7. The van der Waals surface area contributed by atoms with Gasteiger partial charge in [-0.05, 0) is 43.7 Å². The van der Waals surface area contributed by atoms with Crippen molar-refractivity contribution >= 4 is 21.9 Å². The molecule has 0 atom stereocenters. The molecule has 0 spiro atoms. The van der Waals surface area contributed by atoms with Crippen molar-refractivity contribution in [3.8, 4) is 0 Å². The van der Waals surface area contributed by atoms with E-state index in [2.05, 4.69) is 4.72 Å². The molecule has 2 aromatic carbocycles. The normalized spacial score (nSPS) is 11.3. The topological polar surface area (TPSA) is 92.8 Å².